The summed E-state index contributed by atoms with van der Waals surface area (Å²) in [6, 6.07) is -0.136. The molecule has 3 atom stereocenters. The molecule has 98 valence electrons. The summed E-state index contributed by atoms with van der Waals surface area (Å²) in [5.74, 6) is -0.793. The van der Waals surface area contributed by atoms with Gasteiger partial charge in [0.2, 0.25) is 5.91 Å². The molecule has 3 saturated heterocycles. The monoisotopic (exact) mass is 286 g/mol. The molecule has 3 rings (SSSR count). The fraction of sp³-hybridized carbons (Fsp3) is 0.889. The van der Waals surface area contributed by atoms with Crippen molar-refractivity contribution in [1.29, 1.82) is 0 Å². The molecule has 0 aromatic rings. The molecule has 0 saturated carbocycles. The van der Waals surface area contributed by atoms with Crippen molar-refractivity contribution in [3.8, 4) is 0 Å². The van der Waals surface area contributed by atoms with Crippen LogP contribution >= 0.6 is 0 Å². The van der Waals surface area contributed by atoms with Gasteiger partial charge < -0.3 is 4.90 Å². The summed E-state index contributed by atoms with van der Waals surface area (Å²) >= 11 is 5.13. The Morgan fingerprint density at radius 2 is 1.94 bits per heavy atom. The Hall–Kier alpha value is -0.210. The first-order valence-corrected chi connectivity index (χ1v) is 7.76. The van der Waals surface area contributed by atoms with E-state index < -0.39 is 18.5 Å². The van der Waals surface area contributed by atoms with E-state index in [1.807, 2.05) is 6.26 Å². The van der Waals surface area contributed by atoms with Gasteiger partial charge in [0, 0.05) is 31.4 Å². The van der Waals surface area contributed by atoms with Crippen molar-refractivity contribution in [2.75, 3.05) is 19.3 Å². The molecule has 3 fully saturated rings. The zero-order valence-corrected chi connectivity index (χ0v) is 10.9. The lowest BCUT2D eigenvalue weighted by Gasteiger charge is -2.56. The highest BCUT2D eigenvalue weighted by Gasteiger charge is 2.49. The highest BCUT2D eigenvalue weighted by molar-refractivity contribution is 8.27. The van der Waals surface area contributed by atoms with Gasteiger partial charge in [-0.05, 0) is 17.6 Å². The molecular weight excluding hydrogens is 273 g/mol. The van der Waals surface area contributed by atoms with Crippen molar-refractivity contribution in [2.24, 2.45) is 0 Å². The minimum atomic E-state index is -4.41. The number of carbonyl (C=O) groups is 1. The number of halogens is 3. The number of fused-ring (bicyclic) bond motifs is 2. The molecule has 0 aromatic heterocycles. The maximum absolute atomic E-state index is 12.1. The molecule has 8 heteroatoms. The van der Waals surface area contributed by atoms with E-state index in [9.17, 15) is 18.0 Å². The molecule has 3 aliphatic heterocycles. The second-order valence-corrected chi connectivity index (χ2v) is 7.22. The fourth-order valence-corrected chi connectivity index (χ4v) is 3.58. The lowest BCUT2D eigenvalue weighted by Crippen LogP contribution is -2.70. The van der Waals surface area contributed by atoms with Crippen molar-refractivity contribution in [1.82, 2.24) is 9.21 Å². The Bertz CT molecular complexity index is 349. The van der Waals surface area contributed by atoms with Crippen molar-refractivity contribution in [3.05, 3.63) is 0 Å². The van der Waals surface area contributed by atoms with Crippen LogP contribution in [0.4, 0.5) is 13.2 Å². The van der Waals surface area contributed by atoms with Crippen LogP contribution in [0.15, 0.2) is 0 Å². The van der Waals surface area contributed by atoms with Gasteiger partial charge in [-0.25, -0.2) is 4.31 Å². The molecule has 1 amide bonds. The molecule has 0 radical (unpaired) electrons. The number of carbonyl (C=O) groups excluding carboxylic acids is 1. The lowest BCUT2D eigenvalue weighted by atomic mass is 9.88. The third-order valence-electron chi connectivity index (χ3n) is 3.16. The highest BCUT2D eigenvalue weighted by atomic mass is 32.8. The van der Waals surface area contributed by atoms with Gasteiger partial charge >= 0.3 is 6.18 Å². The summed E-state index contributed by atoms with van der Waals surface area (Å²) in [6.07, 6.45) is -3.03. The number of piperidine rings is 1. The molecule has 3 aliphatic rings. The summed E-state index contributed by atoms with van der Waals surface area (Å²) in [5.41, 5.74) is 0. The number of alkyl halides is 3. The largest absolute Gasteiger partial charge is 0.397 e. The molecule has 0 aromatic carbocycles. The summed E-state index contributed by atoms with van der Waals surface area (Å²) in [6.45, 7) is 1.23. The van der Waals surface area contributed by atoms with Crippen LogP contribution in [0.1, 0.15) is 12.8 Å². The van der Waals surface area contributed by atoms with E-state index in [1.165, 1.54) is 4.90 Å². The van der Waals surface area contributed by atoms with Crippen LogP contribution in [0.25, 0.3) is 0 Å². The van der Waals surface area contributed by atoms with Crippen LogP contribution in [-0.4, -0.2) is 52.7 Å². The molecular formula is C9H13F3N2OS2. The zero-order chi connectivity index (χ0) is 12.8. The minimum absolute atomic E-state index is 0.0681. The van der Waals surface area contributed by atoms with Gasteiger partial charge in [0.1, 0.15) is 6.42 Å². The second kappa shape index (κ2) is 4.47. The first kappa shape index (κ1) is 13.2. The Kier molecular flexibility index (Phi) is 3.48. The third kappa shape index (κ3) is 2.79. The topological polar surface area (TPSA) is 23.6 Å². The van der Waals surface area contributed by atoms with Crippen LogP contribution in [0.5, 0.6) is 0 Å². The maximum atomic E-state index is 12.1. The smallest absolute Gasteiger partial charge is 0.334 e. The first-order valence-electron chi connectivity index (χ1n) is 5.24. The lowest BCUT2D eigenvalue weighted by molar-refractivity contribution is -0.175. The Balaban J connectivity index is 1.95. The third-order valence-corrected chi connectivity index (χ3v) is 4.82. The normalized spacial score (nSPS) is 30.9. The van der Waals surface area contributed by atoms with E-state index in [0.29, 0.717) is 13.1 Å². The second-order valence-electron chi connectivity index (χ2n) is 4.41. The van der Waals surface area contributed by atoms with Crippen molar-refractivity contribution in [2.45, 2.75) is 31.1 Å². The van der Waals surface area contributed by atoms with Gasteiger partial charge in [-0.2, -0.15) is 13.2 Å². The van der Waals surface area contributed by atoms with Crippen LogP contribution < -0.4 is 0 Å². The van der Waals surface area contributed by atoms with Gasteiger partial charge in [-0.3, -0.25) is 4.79 Å². The fourth-order valence-electron chi connectivity index (χ4n) is 2.45. The van der Waals surface area contributed by atoms with Crippen LogP contribution in [0.3, 0.4) is 0 Å². The average Bonchev–Trinajstić information content (AvgIpc) is 2.14. The molecule has 2 bridgehead atoms. The quantitative estimate of drug-likeness (QED) is 0.752. The number of piperazine rings is 1. The van der Waals surface area contributed by atoms with E-state index in [2.05, 4.69) is 4.31 Å². The van der Waals surface area contributed by atoms with E-state index in [1.54, 1.807) is 0 Å². The van der Waals surface area contributed by atoms with E-state index in [4.69, 9.17) is 11.2 Å². The molecule has 0 spiro atoms. The molecule has 17 heavy (non-hydrogen) atoms. The number of nitrogens with zero attached hydrogens (tertiary/aromatic N) is 2. The van der Waals surface area contributed by atoms with Crippen LogP contribution in [-0.2, 0) is 25.6 Å². The molecule has 3 unspecified atom stereocenters. The SMILES string of the molecule is CS(=S)N1CC2CC(C1)N2C(=O)CC(F)(F)F. The zero-order valence-electron chi connectivity index (χ0n) is 9.24. The Morgan fingerprint density at radius 1 is 1.41 bits per heavy atom. The van der Waals surface area contributed by atoms with Gasteiger partial charge in [0.15, 0.2) is 0 Å². The number of hydrogen-bond donors (Lipinski definition) is 0. The number of hydrogen-bond acceptors (Lipinski definition) is 2. The minimum Gasteiger partial charge on any atom is -0.334 e. The Morgan fingerprint density at radius 3 is 2.35 bits per heavy atom. The van der Waals surface area contributed by atoms with E-state index in [0.717, 1.165) is 6.42 Å². The molecule has 0 aliphatic carbocycles. The highest BCUT2D eigenvalue weighted by Crippen LogP contribution is 2.35. The van der Waals surface area contributed by atoms with Gasteiger partial charge in [0.25, 0.3) is 0 Å². The predicted octanol–water partition coefficient (Wildman–Crippen LogP) is 0.849. The average molecular weight is 286 g/mol. The van der Waals surface area contributed by atoms with Crippen molar-refractivity contribution < 1.29 is 18.0 Å². The van der Waals surface area contributed by atoms with Gasteiger partial charge in [-0.1, -0.05) is 9.64 Å². The summed E-state index contributed by atoms with van der Waals surface area (Å²) in [4.78, 5) is 12.9. The molecule has 3 heterocycles. The van der Waals surface area contributed by atoms with Crippen LogP contribution in [0, 0.1) is 0 Å². The van der Waals surface area contributed by atoms with Crippen LogP contribution in [0.2, 0.25) is 0 Å². The standard InChI is InChI=1S/C9H13F3N2OS2/c1-17(16)13-4-6-2-7(5-13)14(6)8(15)3-9(10,11)12/h6-7H,2-5H2,1H3. The van der Waals surface area contributed by atoms with E-state index >= 15 is 0 Å². The summed E-state index contributed by atoms with van der Waals surface area (Å²) in [5, 5.41) is 0. The van der Waals surface area contributed by atoms with Gasteiger partial charge in [0.05, 0.1) is 0 Å². The van der Waals surface area contributed by atoms with Crippen molar-refractivity contribution >= 4 is 26.7 Å². The molecule has 3 nitrogen and oxygen atoms in total. The summed E-state index contributed by atoms with van der Waals surface area (Å²) < 4.78 is 38.5. The molecule has 0 N–H and O–H groups in total. The Labute approximate surface area is 105 Å². The van der Waals surface area contributed by atoms with Crippen molar-refractivity contribution in [3.63, 3.8) is 0 Å². The predicted molar refractivity (Wildman–Crippen MR) is 61.9 cm³/mol. The van der Waals surface area contributed by atoms with E-state index in [-0.39, 0.29) is 21.7 Å². The number of amides is 1. The number of rotatable bonds is 2. The maximum Gasteiger partial charge on any atom is 0.397 e. The van der Waals surface area contributed by atoms with Gasteiger partial charge in [-0.15, -0.1) is 0 Å². The first-order chi connectivity index (χ1) is 7.78. The summed E-state index contributed by atoms with van der Waals surface area (Å²) in [7, 11) is -0.283.